The van der Waals surface area contributed by atoms with Gasteiger partial charge in [0.05, 0.1) is 0 Å². The minimum absolute atomic E-state index is 0.244. The van der Waals surface area contributed by atoms with E-state index >= 15 is 0 Å². The number of rotatable bonds is 2. The summed E-state index contributed by atoms with van der Waals surface area (Å²) in [6, 6.07) is 0. The summed E-state index contributed by atoms with van der Waals surface area (Å²) in [4.78, 5) is 10.3. The van der Waals surface area contributed by atoms with E-state index in [0.29, 0.717) is 0 Å². The van der Waals surface area contributed by atoms with Crippen LogP contribution in [0.2, 0.25) is 0 Å². The van der Waals surface area contributed by atoms with E-state index in [0.717, 1.165) is 0 Å². The van der Waals surface area contributed by atoms with Gasteiger partial charge < -0.3 is 14.6 Å². The number of ether oxygens (including phenoxy) is 2. The van der Waals surface area contributed by atoms with Crippen molar-refractivity contribution in [2.45, 2.75) is 26.4 Å². The molecule has 0 aromatic carbocycles. The predicted octanol–water partition coefficient (Wildman–Crippen LogP) is 0.426. The highest BCUT2D eigenvalue weighted by molar-refractivity contribution is 5.70. The fourth-order valence-electron chi connectivity index (χ4n) is 0.740. The van der Waals surface area contributed by atoms with Crippen LogP contribution in [-0.2, 0) is 14.3 Å². The highest BCUT2D eigenvalue weighted by Crippen LogP contribution is 2.22. The van der Waals surface area contributed by atoms with Gasteiger partial charge in [0, 0.05) is 0 Å². The SMILES string of the molecule is CC1OC(C(C)C(=O)O)O1. The quantitative estimate of drug-likeness (QED) is 0.613. The van der Waals surface area contributed by atoms with Crippen molar-refractivity contribution in [3.63, 3.8) is 0 Å². The van der Waals surface area contributed by atoms with E-state index in [9.17, 15) is 4.79 Å². The number of aliphatic carboxylic acids is 1. The van der Waals surface area contributed by atoms with Gasteiger partial charge in [0.1, 0.15) is 5.92 Å². The molecule has 58 valence electrons. The zero-order valence-corrected chi connectivity index (χ0v) is 5.90. The Balaban J connectivity index is 2.31. The third-order valence-electron chi connectivity index (χ3n) is 1.45. The molecule has 4 nitrogen and oxygen atoms in total. The van der Waals surface area contributed by atoms with Crippen LogP contribution >= 0.6 is 0 Å². The lowest BCUT2D eigenvalue weighted by atomic mass is 10.1. The summed E-state index contributed by atoms with van der Waals surface area (Å²) in [5.41, 5.74) is 0. The van der Waals surface area contributed by atoms with Crippen molar-refractivity contribution in [3.05, 3.63) is 0 Å². The monoisotopic (exact) mass is 146 g/mol. The van der Waals surface area contributed by atoms with Gasteiger partial charge in [-0.05, 0) is 13.8 Å². The van der Waals surface area contributed by atoms with E-state index in [2.05, 4.69) is 0 Å². The van der Waals surface area contributed by atoms with E-state index in [1.54, 1.807) is 13.8 Å². The highest BCUT2D eigenvalue weighted by atomic mass is 16.9. The lowest BCUT2D eigenvalue weighted by Gasteiger charge is -2.35. The maximum absolute atomic E-state index is 10.3. The molecule has 1 unspecified atom stereocenters. The number of carbonyl (C=O) groups is 1. The molecule has 1 atom stereocenters. The largest absolute Gasteiger partial charge is 0.481 e. The van der Waals surface area contributed by atoms with Crippen molar-refractivity contribution >= 4 is 5.97 Å². The van der Waals surface area contributed by atoms with Gasteiger partial charge in [-0.15, -0.1) is 0 Å². The molecular formula is C6H10O4. The average Bonchev–Trinajstić information content (AvgIpc) is 1.79. The van der Waals surface area contributed by atoms with Crippen LogP contribution in [0, 0.1) is 5.92 Å². The van der Waals surface area contributed by atoms with Gasteiger partial charge in [0.25, 0.3) is 0 Å². The molecule has 0 aromatic heterocycles. The molecule has 1 rings (SSSR count). The molecule has 4 heteroatoms. The van der Waals surface area contributed by atoms with Crippen LogP contribution in [0.4, 0.5) is 0 Å². The van der Waals surface area contributed by atoms with Gasteiger partial charge in [-0.3, -0.25) is 4.79 Å². The normalized spacial score (nSPS) is 34.6. The Kier molecular flexibility index (Phi) is 1.92. The first-order valence-corrected chi connectivity index (χ1v) is 3.15. The van der Waals surface area contributed by atoms with E-state index in [-0.39, 0.29) is 6.29 Å². The van der Waals surface area contributed by atoms with E-state index in [4.69, 9.17) is 14.6 Å². The fraction of sp³-hybridized carbons (Fsp3) is 0.833. The summed E-state index contributed by atoms with van der Waals surface area (Å²) in [6.45, 7) is 3.28. The summed E-state index contributed by atoms with van der Waals surface area (Å²) in [6.07, 6.45) is -0.792. The standard InChI is InChI=1S/C6H10O4/c1-3(5(7)8)6-9-4(2)10-6/h3-4,6H,1-2H3,(H,7,8). The van der Waals surface area contributed by atoms with E-state index < -0.39 is 18.2 Å². The van der Waals surface area contributed by atoms with Crippen LogP contribution in [0.25, 0.3) is 0 Å². The zero-order valence-electron chi connectivity index (χ0n) is 5.90. The van der Waals surface area contributed by atoms with E-state index in [1.807, 2.05) is 0 Å². The van der Waals surface area contributed by atoms with Gasteiger partial charge in [-0.1, -0.05) is 0 Å². The Morgan fingerprint density at radius 2 is 2.10 bits per heavy atom. The molecule has 1 saturated heterocycles. The van der Waals surface area contributed by atoms with Gasteiger partial charge >= 0.3 is 5.97 Å². The van der Waals surface area contributed by atoms with Crippen molar-refractivity contribution in [1.82, 2.24) is 0 Å². The van der Waals surface area contributed by atoms with Gasteiger partial charge in [-0.25, -0.2) is 0 Å². The first-order valence-electron chi connectivity index (χ1n) is 3.15. The molecule has 0 aliphatic carbocycles. The molecule has 1 heterocycles. The Bertz CT molecular complexity index is 139. The molecule has 1 N–H and O–H groups in total. The summed E-state index contributed by atoms with van der Waals surface area (Å²) in [5, 5.41) is 8.44. The molecule has 0 spiro atoms. The molecule has 0 bridgehead atoms. The first-order chi connectivity index (χ1) is 4.61. The van der Waals surface area contributed by atoms with Gasteiger partial charge in [-0.2, -0.15) is 0 Å². The third kappa shape index (κ3) is 1.27. The molecule has 0 amide bonds. The molecular weight excluding hydrogens is 136 g/mol. The number of hydrogen-bond acceptors (Lipinski definition) is 3. The second kappa shape index (κ2) is 2.56. The first kappa shape index (κ1) is 7.50. The summed E-state index contributed by atoms with van der Waals surface area (Å²) < 4.78 is 9.92. The maximum atomic E-state index is 10.3. The lowest BCUT2D eigenvalue weighted by molar-refractivity contribution is -0.387. The van der Waals surface area contributed by atoms with Crippen molar-refractivity contribution < 1.29 is 19.4 Å². The zero-order chi connectivity index (χ0) is 7.72. The molecule has 0 saturated carbocycles. The van der Waals surface area contributed by atoms with Gasteiger partial charge in [0.15, 0.2) is 12.6 Å². The van der Waals surface area contributed by atoms with Crippen LogP contribution in [-0.4, -0.2) is 23.7 Å². The highest BCUT2D eigenvalue weighted by Gasteiger charge is 2.35. The summed E-state index contributed by atoms with van der Waals surface area (Å²) in [5.74, 6) is -1.46. The number of carboxylic acid groups (broad SMARTS) is 1. The van der Waals surface area contributed by atoms with Crippen molar-refractivity contribution in [2.24, 2.45) is 5.92 Å². The Labute approximate surface area is 58.7 Å². The van der Waals surface area contributed by atoms with Crippen LogP contribution in [0.5, 0.6) is 0 Å². The average molecular weight is 146 g/mol. The van der Waals surface area contributed by atoms with Gasteiger partial charge in [0.2, 0.25) is 0 Å². The minimum Gasteiger partial charge on any atom is -0.481 e. The van der Waals surface area contributed by atoms with Crippen molar-refractivity contribution in [3.8, 4) is 0 Å². The number of hydrogen-bond donors (Lipinski definition) is 1. The van der Waals surface area contributed by atoms with E-state index in [1.165, 1.54) is 0 Å². The van der Waals surface area contributed by atoms with Crippen LogP contribution in [0.1, 0.15) is 13.8 Å². The van der Waals surface area contributed by atoms with Crippen molar-refractivity contribution in [2.75, 3.05) is 0 Å². The molecule has 1 aliphatic heterocycles. The smallest absolute Gasteiger partial charge is 0.311 e. The third-order valence-corrected chi connectivity index (χ3v) is 1.45. The molecule has 1 fully saturated rings. The molecule has 0 radical (unpaired) electrons. The minimum atomic E-state index is -0.892. The second-order valence-corrected chi connectivity index (χ2v) is 2.34. The summed E-state index contributed by atoms with van der Waals surface area (Å²) in [7, 11) is 0. The second-order valence-electron chi connectivity index (χ2n) is 2.34. The molecule has 1 aliphatic rings. The summed E-state index contributed by atoms with van der Waals surface area (Å²) >= 11 is 0. The fourth-order valence-corrected chi connectivity index (χ4v) is 0.740. The Morgan fingerprint density at radius 3 is 2.40 bits per heavy atom. The number of carboxylic acids is 1. The molecule has 10 heavy (non-hydrogen) atoms. The Hall–Kier alpha value is -0.610. The van der Waals surface area contributed by atoms with Crippen LogP contribution < -0.4 is 0 Å². The van der Waals surface area contributed by atoms with Crippen LogP contribution in [0.15, 0.2) is 0 Å². The Morgan fingerprint density at radius 1 is 1.60 bits per heavy atom. The lowest BCUT2D eigenvalue weighted by Crippen LogP contribution is -2.45. The predicted molar refractivity (Wildman–Crippen MR) is 32.2 cm³/mol. The topological polar surface area (TPSA) is 55.8 Å². The van der Waals surface area contributed by atoms with Crippen LogP contribution in [0.3, 0.4) is 0 Å². The molecule has 0 aromatic rings. The maximum Gasteiger partial charge on any atom is 0.311 e. The van der Waals surface area contributed by atoms with Crippen molar-refractivity contribution in [1.29, 1.82) is 0 Å².